The van der Waals surface area contributed by atoms with Crippen LogP contribution in [0.25, 0.3) is 10.9 Å². The fourth-order valence-corrected chi connectivity index (χ4v) is 2.64. The average molecular weight is 371 g/mol. The van der Waals surface area contributed by atoms with Crippen LogP contribution in [0.15, 0.2) is 59.2 Å². The highest BCUT2D eigenvalue weighted by molar-refractivity contribution is 9.10. The van der Waals surface area contributed by atoms with E-state index in [0.717, 1.165) is 21.8 Å². The number of nitrogens with zero attached hydrogens (tertiary/aromatic N) is 1. The van der Waals surface area contributed by atoms with Crippen molar-refractivity contribution in [2.24, 2.45) is 0 Å². The molecule has 0 unspecified atom stereocenters. The number of benzene rings is 2. The van der Waals surface area contributed by atoms with E-state index in [-0.39, 0.29) is 17.2 Å². The summed E-state index contributed by atoms with van der Waals surface area (Å²) in [6, 6.07) is 15.0. The number of fused-ring (bicyclic) bond motifs is 1. The van der Waals surface area contributed by atoms with E-state index in [1.165, 1.54) is 0 Å². The monoisotopic (exact) mass is 370 g/mol. The molecule has 2 N–H and O–H groups in total. The van der Waals surface area contributed by atoms with Crippen LogP contribution in [0.2, 0.25) is 0 Å². The number of hydrogen-bond acceptors (Lipinski definition) is 3. The van der Waals surface area contributed by atoms with Crippen molar-refractivity contribution >= 4 is 32.7 Å². The van der Waals surface area contributed by atoms with Gasteiger partial charge in [-0.2, -0.15) is 0 Å². The predicted octanol–water partition coefficient (Wildman–Crippen LogP) is 3.68. The molecule has 1 amide bonds. The molecule has 3 rings (SSSR count). The van der Waals surface area contributed by atoms with Crippen molar-refractivity contribution in [3.8, 4) is 5.75 Å². The number of aromatic hydroxyl groups is 1. The molecule has 0 fully saturated rings. The van der Waals surface area contributed by atoms with E-state index in [9.17, 15) is 9.90 Å². The zero-order valence-corrected chi connectivity index (χ0v) is 13.9. The lowest BCUT2D eigenvalue weighted by molar-refractivity contribution is 0.0951. The minimum absolute atomic E-state index is 0.0794. The molecule has 0 aliphatic carbocycles. The Balaban J connectivity index is 1.68. The minimum atomic E-state index is -0.299. The molecular formula is C18H15BrN2O2. The summed E-state index contributed by atoms with van der Waals surface area (Å²) >= 11 is 3.39. The molecule has 23 heavy (non-hydrogen) atoms. The van der Waals surface area contributed by atoms with Crippen LogP contribution in [0.4, 0.5) is 0 Å². The summed E-state index contributed by atoms with van der Waals surface area (Å²) < 4.78 is 1.03. The zero-order chi connectivity index (χ0) is 16.2. The van der Waals surface area contributed by atoms with E-state index in [1.807, 2.05) is 30.3 Å². The Hall–Kier alpha value is -2.40. The van der Waals surface area contributed by atoms with Crippen LogP contribution in [0, 0.1) is 0 Å². The predicted molar refractivity (Wildman–Crippen MR) is 93.6 cm³/mol. The van der Waals surface area contributed by atoms with Gasteiger partial charge in [-0.25, -0.2) is 0 Å². The van der Waals surface area contributed by atoms with Crippen LogP contribution >= 0.6 is 15.9 Å². The van der Waals surface area contributed by atoms with Crippen molar-refractivity contribution in [2.75, 3.05) is 6.54 Å². The Kier molecular flexibility index (Phi) is 4.57. The van der Waals surface area contributed by atoms with Crippen LogP contribution in [-0.2, 0) is 6.42 Å². The van der Waals surface area contributed by atoms with E-state index in [2.05, 4.69) is 26.2 Å². The molecule has 0 aliphatic heterocycles. The third-order valence-electron chi connectivity index (χ3n) is 3.61. The molecule has 1 heterocycles. The number of halogens is 1. The van der Waals surface area contributed by atoms with Gasteiger partial charge in [-0.1, -0.05) is 40.2 Å². The number of amides is 1. The van der Waals surface area contributed by atoms with Gasteiger partial charge >= 0.3 is 0 Å². The number of hydrogen-bond donors (Lipinski definition) is 2. The van der Waals surface area contributed by atoms with Crippen molar-refractivity contribution in [3.05, 3.63) is 70.3 Å². The van der Waals surface area contributed by atoms with Crippen LogP contribution in [0.5, 0.6) is 5.75 Å². The maximum atomic E-state index is 12.2. The maximum Gasteiger partial charge on any atom is 0.255 e. The van der Waals surface area contributed by atoms with E-state index in [0.29, 0.717) is 12.1 Å². The molecule has 2 aromatic carbocycles. The van der Waals surface area contributed by atoms with Gasteiger partial charge in [-0.3, -0.25) is 9.78 Å². The Bertz CT molecular complexity index is 847. The first-order valence-corrected chi connectivity index (χ1v) is 8.04. The van der Waals surface area contributed by atoms with Gasteiger partial charge in [-0.05, 0) is 36.2 Å². The normalized spacial score (nSPS) is 10.7. The largest absolute Gasteiger partial charge is 0.505 e. The fourth-order valence-electron chi connectivity index (χ4n) is 2.38. The molecule has 0 radical (unpaired) electrons. The molecule has 4 nitrogen and oxygen atoms in total. The fraction of sp³-hybridized carbons (Fsp3) is 0.111. The highest BCUT2D eigenvalue weighted by Gasteiger charge is 2.14. The lowest BCUT2D eigenvalue weighted by atomic mass is 10.1. The van der Waals surface area contributed by atoms with Gasteiger partial charge in [-0.15, -0.1) is 0 Å². The number of pyridine rings is 1. The van der Waals surface area contributed by atoms with Crippen molar-refractivity contribution in [2.45, 2.75) is 6.42 Å². The van der Waals surface area contributed by atoms with Crippen molar-refractivity contribution in [3.63, 3.8) is 0 Å². The van der Waals surface area contributed by atoms with Gasteiger partial charge < -0.3 is 10.4 Å². The van der Waals surface area contributed by atoms with E-state index in [4.69, 9.17) is 0 Å². The van der Waals surface area contributed by atoms with Crippen LogP contribution in [0.3, 0.4) is 0 Å². The molecule has 1 aromatic heterocycles. The summed E-state index contributed by atoms with van der Waals surface area (Å²) in [4.78, 5) is 16.4. The van der Waals surface area contributed by atoms with Gasteiger partial charge in [0, 0.05) is 22.6 Å². The van der Waals surface area contributed by atoms with Gasteiger partial charge in [0.2, 0.25) is 0 Å². The van der Waals surface area contributed by atoms with Gasteiger partial charge in [0.1, 0.15) is 5.52 Å². The summed E-state index contributed by atoms with van der Waals surface area (Å²) in [5.41, 5.74) is 1.82. The SMILES string of the molecule is O=C(NCCc1ccc(Br)cc1)c1ccc2cccnc2c1O. The quantitative estimate of drug-likeness (QED) is 0.736. The van der Waals surface area contributed by atoms with E-state index >= 15 is 0 Å². The number of carbonyl (C=O) groups excluding carboxylic acids is 1. The Morgan fingerprint density at radius 3 is 2.70 bits per heavy atom. The van der Waals surface area contributed by atoms with Gasteiger partial charge in [0.25, 0.3) is 5.91 Å². The standard InChI is InChI=1S/C18H15BrN2O2/c19-14-6-3-12(4-7-14)9-11-21-18(23)15-8-5-13-2-1-10-20-16(13)17(15)22/h1-8,10,22H,9,11H2,(H,21,23). The number of phenols is 1. The number of rotatable bonds is 4. The summed E-state index contributed by atoms with van der Waals surface area (Å²) in [7, 11) is 0. The van der Waals surface area contributed by atoms with Crippen LogP contribution in [-0.4, -0.2) is 22.5 Å². The van der Waals surface area contributed by atoms with Crippen LogP contribution < -0.4 is 5.32 Å². The average Bonchev–Trinajstić information content (AvgIpc) is 2.57. The molecule has 0 aliphatic rings. The smallest absolute Gasteiger partial charge is 0.255 e. The Labute approximate surface area is 142 Å². The first kappa shape index (κ1) is 15.5. The third-order valence-corrected chi connectivity index (χ3v) is 4.13. The molecule has 5 heteroatoms. The van der Waals surface area contributed by atoms with E-state index < -0.39 is 0 Å². The van der Waals surface area contributed by atoms with E-state index in [1.54, 1.807) is 24.4 Å². The molecule has 116 valence electrons. The number of phenolic OH excluding ortho intramolecular Hbond substituents is 1. The van der Waals surface area contributed by atoms with Gasteiger partial charge in [0.05, 0.1) is 5.56 Å². The number of carbonyl (C=O) groups is 1. The molecule has 0 atom stereocenters. The van der Waals surface area contributed by atoms with Crippen LogP contribution in [0.1, 0.15) is 15.9 Å². The minimum Gasteiger partial charge on any atom is -0.505 e. The molecule has 0 saturated heterocycles. The lowest BCUT2D eigenvalue weighted by Crippen LogP contribution is -2.25. The third kappa shape index (κ3) is 3.51. The molecule has 0 bridgehead atoms. The van der Waals surface area contributed by atoms with Crippen molar-refractivity contribution in [1.29, 1.82) is 0 Å². The summed E-state index contributed by atoms with van der Waals surface area (Å²) in [5.74, 6) is -0.378. The highest BCUT2D eigenvalue weighted by Crippen LogP contribution is 2.26. The topological polar surface area (TPSA) is 62.2 Å². The molecule has 0 saturated carbocycles. The zero-order valence-electron chi connectivity index (χ0n) is 12.3. The number of aromatic nitrogens is 1. The van der Waals surface area contributed by atoms with Gasteiger partial charge in [0.15, 0.2) is 5.75 Å². The molecule has 0 spiro atoms. The molecule has 3 aromatic rings. The summed E-state index contributed by atoms with van der Waals surface area (Å²) in [6.45, 7) is 0.500. The lowest BCUT2D eigenvalue weighted by Gasteiger charge is -2.08. The first-order valence-electron chi connectivity index (χ1n) is 7.24. The molecular weight excluding hydrogens is 356 g/mol. The Morgan fingerprint density at radius 1 is 1.13 bits per heavy atom. The number of nitrogens with one attached hydrogen (secondary N) is 1. The first-order chi connectivity index (χ1) is 11.1. The van der Waals surface area contributed by atoms with Crippen molar-refractivity contribution < 1.29 is 9.90 Å². The highest BCUT2D eigenvalue weighted by atomic mass is 79.9. The second-order valence-electron chi connectivity index (χ2n) is 5.17. The maximum absolute atomic E-state index is 12.2. The summed E-state index contributed by atoms with van der Waals surface area (Å²) in [5, 5.41) is 13.9. The summed E-state index contributed by atoms with van der Waals surface area (Å²) in [6.07, 6.45) is 2.32. The Morgan fingerprint density at radius 2 is 1.91 bits per heavy atom. The second-order valence-corrected chi connectivity index (χ2v) is 6.08. The van der Waals surface area contributed by atoms with Crippen molar-refractivity contribution in [1.82, 2.24) is 10.3 Å². The second kappa shape index (κ2) is 6.79.